The van der Waals surface area contributed by atoms with Crippen LogP contribution in [-0.2, 0) is 11.3 Å². The van der Waals surface area contributed by atoms with Crippen molar-refractivity contribution in [2.45, 2.75) is 26.3 Å². The zero-order valence-corrected chi connectivity index (χ0v) is 11.2. The van der Waals surface area contributed by atoms with E-state index in [1.54, 1.807) is 0 Å². The monoisotopic (exact) mass is 249 g/mol. The topological polar surface area (TPSA) is 30.5 Å². The summed E-state index contributed by atoms with van der Waals surface area (Å²) in [6.45, 7) is 6.69. The highest BCUT2D eigenvalue weighted by atomic mass is 16.5. The van der Waals surface area contributed by atoms with E-state index in [2.05, 4.69) is 30.4 Å². The second-order valence-electron chi connectivity index (χ2n) is 4.86. The van der Waals surface area contributed by atoms with Crippen molar-refractivity contribution >= 4 is 0 Å². The van der Waals surface area contributed by atoms with Crippen molar-refractivity contribution < 1.29 is 9.47 Å². The lowest BCUT2D eigenvalue weighted by atomic mass is 10.1. The summed E-state index contributed by atoms with van der Waals surface area (Å²) in [5.74, 6) is 1.66. The third kappa shape index (κ3) is 4.31. The van der Waals surface area contributed by atoms with E-state index in [4.69, 9.17) is 9.47 Å². The number of hydrogen-bond acceptors (Lipinski definition) is 3. The van der Waals surface area contributed by atoms with E-state index in [-0.39, 0.29) is 0 Å². The van der Waals surface area contributed by atoms with Gasteiger partial charge in [-0.1, -0.05) is 19.1 Å². The Kier molecular flexibility index (Phi) is 5.49. The molecule has 0 bridgehead atoms. The summed E-state index contributed by atoms with van der Waals surface area (Å²) < 4.78 is 11.0. The summed E-state index contributed by atoms with van der Waals surface area (Å²) in [5, 5.41) is 3.49. The van der Waals surface area contributed by atoms with E-state index >= 15 is 0 Å². The van der Waals surface area contributed by atoms with Gasteiger partial charge >= 0.3 is 0 Å². The van der Waals surface area contributed by atoms with Crippen LogP contribution < -0.4 is 10.1 Å². The van der Waals surface area contributed by atoms with Gasteiger partial charge in [-0.05, 0) is 36.5 Å². The highest BCUT2D eigenvalue weighted by molar-refractivity contribution is 5.28. The summed E-state index contributed by atoms with van der Waals surface area (Å²) in [5.41, 5.74) is 1.28. The predicted molar refractivity (Wildman–Crippen MR) is 72.9 cm³/mol. The fourth-order valence-corrected chi connectivity index (χ4v) is 2.13. The third-order valence-corrected chi connectivity index (χ3v) is 3.16. The van der Waals surface area contributed by atoms with E-state index in [1.165, 1.54) is 12.0 Å². The molecule has 2 rings (SSSR count). The molecule has 1 aliphatic rings. The minimum Gasteiger partial charge on any atom is -0.494 e. The largest absolute Gasteiger partial charge is 0.494 e. The van der Waals surface area contributed by atoms with Gasteiger partial charge in [0, 0.05) is 19.7 Å². The van der Waals surface area contributed by atoms with Crippen LogP contribution >= 0.6 is 0 Å². The first-order chi connectivity index (χ1) is 8.88. The van der Waals surface area contributed by atoms with Crippen LogP contribution in [0.1, 0.15) is 25.3 Å². The molecule has 0 saturated carbocycles. The molecule has 1 N–H and O–H groups in total. The minimum absolute atomic E-state index is 0.685. The number of benzene rings is 1. The van der Waals surface area contributed by atoms with Crippen molar-refractivity contribution in [1.29, 1.82) is 0 Å². The molecule has 0 aromatic heterocycles. The van der Waals surface area contributed by atoms with Crippen molar-refractivity contribution in [1.82, 2.24) is 5.32 Å². The highest BCUT2D eigenvalue weighted by Gasteiger charge is 2.14. The van der Waals surface area contributed by atoms with Crippen molar-refractivity contribution in [2.24, 2.45) is 5.92 Å². The lowest BCUT2D eigenvalue weighted by molar-refractivity contribution is 0.185. The van der Waals surface area contributed by atoms with Crippen molar-refractivity contribution in [3.05, 3.63) is 29.8 Å². The van der Waals surface area contributed by atoms with Gasteiger partial charge in [0.05, 0.1) is 13.2 Å². The molecule has 3 heteroatoms. The van der Waals surface area contributed by atoms with Crippen LogP contribution in [0.5, 0.6) is 5.75 Å². The number of rotatable bonds is 7. The van der Waals surface area contributed by atoms with Gasteiger partial charge in [-0.25, -0.2) is 0 Å². The maximum Gasteiger partial charge on any atom is 0.119 e. The first-order valence-electron chi connectivity index (χ1n) is 6.88. The Labute approximate surface area is 109 Å². The smallest absolute Gasteiger partial charge is 0.119 e. The van der Waals surface area contributed by atoms with Crippen LogP contribution in [-0.4, -0.2) is 26.4 Å². The van der Waals surface area contributed by atoms with Crippen LogP contribution in [0.25, 0.3) is 0 Å². The molecule has 1 saturated heterocycles. The average Bonchev–Trinajstić information content (AvgIpc) is 2.90. The molecule has 0 amide bonds. The zero-order valence-electron chi connectivity index (χ0n) is 11.2. The standard InChI is InChI=1S/C15H23NO2/c1-2-7-18-15-5-3-4-13(9-15)10-16-11-14-6-8-17-12-14/h3-5,9,14,16H,2,6-8,10-12H2,1H3. The average molecular weight is 249 g/mol. The van der Waals surface area contributed by atoms with Gasteiger partial charge in [-0.15, -0.1) is 0 Å². The molecule has 1 aliphatic heterocycles. The second-order valence-corrected chi connectivity index (χ2v) is 4.86. The van der Waals surface area contributed by atoms with Crippen LogP contribution in [0.4, 0.5) is 0 Å². The Morgan fingerprint density at radius 1 is 1.44 bits per heavy atom. The third-order valence-electron chi connectivity index (χ3n) is 3.16. The Bertz CT molecular complexity index is 348. The molecule has 18 heavy (non-hydrogen) atoms. The Morgan fingerprint density at radius 3 is 3.17 bits per heavy atom. The maximum atomic E-state index is 5.63. The molecule has 1 aromatic rings. The molecule has 1 fully saturated rings. The molecule has 1 aromatic carbocycles. The van der Waals surface area contributed by atoms with Gasteiger partial charge in [0.15, 0.2) is 0 Å². The Morgan fingerprint density at radius 2 is 2.39 bits per heavy atom. The Balaban J connectivity index is 1.74. The van der Waals surface area contributed by atoms with Gasteiger partial charge in [0.2, 0.25) is 0 Å². The first kappa shape index (κ1) is 13.4. The number of nitrogens with one attached hydrogen (secondary N) is 1. The molecule has 1 unspecified atom stereocenters. The van der Waals surface area contributed by atoms with E-state index < -0.39 is 0 Å². The van der Waals surface area contributed by atoms with Crippen LogP contribution in [0.3, 0.4) is 0 Å². The molecular weight excluding hydrogens is 226 g/mol. The molecule has 0 radical (unpaired) electrons. The lowest BCUT2D eigenvalue weighted by Gasteiger charge is -2.10. The maximum absolute atomic E-state index is 5.63. The molecule has 3 nitrogen and oxygen atoms in total. The van der Waals surface area contributed by atoms with Gasteiger partial charge in [-0.3, -0.25) is 0 Å². The molecule has 1 heterocycles. The number of ether oxygens (including phenoxy) is 2. The quantitative estimate of drug-likeness (QED) is 0.805. The normalized spacial score (nSPS) is 19.1. The van der Waals surface area contributed by atoms with E-state index in [1.807, 2.05) is 6.07 Å². The fourth-order valence-electron chi connectivity index (χ4n) is 2.13. The van der Waals surface area contributed by atoms with Gasteiger partial charge in [0.1, 0.15) is 5.75 Å². The van der Waals surface area contributed by atoms with Crippen LogP contribution in [0.15, 0.2) is 24.3 Å². The van der Waals surface area contributed by atoms with E-state index in [0.29, 0.717) is 5.92 Å². The summed E-state index contributed by atoms with van der Waals surface area (Å²) >= 11 is 0. The van der Waals surface area contributed by atoms with E-state index in [0.717, 1.165) is 45.1 Å². The van der Waals surface area contributed by atoms with Crippen molar-refractivity contribution in [3.63, 3.8) is 0 Å². The first-order valence-corrected chi connectivity index (χ1v) is 6.88. The zero-order chi connectivity index (χ0) is 12.6. The summed E-state index contributed by atoms with van der Waals surface area (Å²) in [6, 6.07) is 8.33. The summed E-state index contributed by atoms with van der Waals surface area (Å²) in [7, 11) is 0. The summed E-state index contributed by atoms with van der Waals surface area (Å²) in [6.07, 6.45) is 2.23. The lowest BCUT2D eigenvalue weighted by Crippen LogP contribution is -2.22. The molecule has 0 spiro atoms. The van der Waals surface area contributed by atoms with Crippen LogP contribution in [0.2, 0.25) is 0 Å². The van der Waals surface area contributed by atoms with E-state index in [9.17, 15) is 0 Å². The fraction of sp³-hybridized carbons (Fsp3) is 0.600. The van der Waals surface area contributed by atoms with Crippen molar-refractivity contribution in [2.75, 3.05) is 26.4 Å². The highest BCUT2D eigenvalue weighted by Crippen LogP contribution is 2.14. The Hall–Kier alpha value is -1.06. The van der Waals surface area contributed by atoms with Gasteiger partial charge in [0.25, 0.3) is 0 Å². The molecule has 1 atom stereocenters. The SMILES string of the molecule is CCCOc1cccc(CNCC2CCOC2)c1. The second kappa shape index (κ2) is 7.39. The van der Waals surface area contributed by atoms with Gasteiger partial charge in [-0.2, -0.15) is 0 Å². The van der Waals surface area contributed by atoms with Gasteiger partial charge < -0.3 is 14.8 Å². The molecule has 100 valence electrons. The summed E-state index contributed by atoms with van der Waals surface area (Å²) in [4.78, 5) is 0. The van der Waals surface area contributed by atoms with Crippen molar-refractivity contribution in [3.8, 4) is 5.75 Å². The molecule has 0 aliphatic carbocycles. The number of hydrogen-bond donors (Lipinski definition) is 1. The molecular formula is C15H23NO2. The minimum atomic E-state index is 0.685. The predicted octanol–water partition coefficient (Wildman–Crippen LogP) is 2.60. The van der Waals surface area contributed by atoms with Crippen LogP contribution in [0, 0.1) is 5.92 Å².